The standard InChI is InChI=1S/C17H23FN2O/c1-2-15-17(21)20(11-12-7-3-4-8-12)16(19-15)13-9-5-6-10-14(13)18/h5-6,9-10,12,15-16,19H,2-4,7-8,11H2,1H3. The molecular weight excluding hydrogens is 267 g/mol. The number of hydrogen-bond acceptors (Lipinski definition) is 2. The van der Waals surface area contributed by atoms with Crippen molar-refractivity contribution in [2.45, 2.75) is 51.2 Å². The van der Waals surface area contributed by atoms with E-state index in [1.54, 1.807) is 12.1 Å². The fourth-order valence-corrected chi connectivity index (χ4v) is 3.59. The lowest BCUT2D eigenvalue weighted by molar-refractivity contribution is -0.130. The van der Waals surface area contributed by atoms with Crippen molar-refractivity contribution in [3.63, 3.8) is 0 Å². The summed E-state index contributed by atoms with van der Waals surface area (Å²) in [6.45, 7) is 2.74. The Balaban J connectivity index is 1.85. The first-order valence-corrected chi connectivity index (χ1v) is 8.01. The smallest absolute Gasteiger partial charge is 0.241 e. The molecular formula is C17H23FN2O. The zero-order chi connectivity index (χ0) is 14.8. The van der Waals surface area contributed by atoms with Crippen LogP contribution in [0.25, 0.3) is 0 Å². The number of hydrogen-bond donors (Lipinski definition) is 1. The van der Waals surface area contributed by atoms with E-state index in [1.807, 2.05) is 17.9 Å². The van der Waals surface area contributed by atoms with Gasteiger partial charge in [-0.25, -0.2) is 4.39 Å². The van der Waals surface area contributed by atoms with Gasteiger partial charge in [0.15, 0.2) is 0 Å². The van der Waals surface area contributed by atoms with Crippen molar-refractivity contribution in [2.24, 2.45) is 5.92 Å². The normalized spacial score (nSPS) is 26.8. The van der Waals surface area contributed by atoms with Crippen LogP contribution in [-0.2, 0) is 4.79 Å². The lowest BCUT2D eigenvalue weighted by atomic mass is 10.1. The van der Waals surface area contributed by atoms with Gasteiger partial charge in [-0.2, -0.15) is 0 Å². The Labute approximate surface area is 125 Å². The number of halogens is 1. The minimum absolute atomic E-state index is 0.123. The average Bonchev–Trinajstić information content (AvgIpc) is 3.10. The number of carbonyl (C=O) groups is 1. The van der Waals surface area contributed by atoms with Crippen LogP contribution in [0.2, 0.25) is 0 Å². The summed E-state index contributed by atoms with van der Waals surface area (Å²) in [5.74, 6) is 0.453. The highest BCUT2D eigenvalue weighted by Gasteiger charge is 2.40. The Morgan fingerprint density at radius 3 is 2.67 bits per heavy atom. The first kappa shape index (κ1) is 14.5. The maximum absolute atomic E-state index is 14.1. The van der Waals surface area contributed by atoms with E-state index in [-0.39, 0.29) is 23.9 Å². The van der Waals surface area contributed by atoms with Crippen LogP contribution in [0.4, 0.5) is 4.39 Å². The summed E-state index contributed by atoms with van der Waals surface area (Å²) < 4.78 is 14.1. The maximum Gasteiger partial charge on any atom is 0.241 e. The molecule has 3 nitrogen and oxygen atoms in total. The van der Waals surface area contributed by atoms with Gasteiger partial charge < -0.3 is 4.90 Å². The van der Waals surface area contributed by atoms with Crippen LogP contribution in [0.5, 0.6) is 0 Å². The Kier molecular flexibility index (Phi) is 4.24. The highest BCUT2D eigenvalue weighted by Crippen LogP contribution is 2.32. The third-order valence-corrected chi connectivity index (χ3v) is 4.79. The predicted molar refractivity (Wildman–Crippen MR) is 80.0 cm³/mol. The molecule has 0 bridgehead atoms. The highest BCUT2D eigenvalue weighted by molar-refractivity contribution is 5.84. The molecule has 1 aliphatic heterocycles. The van der Waals surface area contributed by atoms with Crippen molar-refractivity contribution < 1.29 is 9.18 Å². The third-order valence-electron chi connectivity index (χ3n) is 4.79. The number of carbonyl (C=O) groups excluding carboxylic acids is 1. The molecule has 1 N–H and O–H groups in total. The van der Waals surface area contributed by atoms with Crippen molar-refractivity contribution >= 4 is 5.91 Å². The molecule has 0 aromatic heterocycles. The van der Waals surface area contributed by atoms with Gasteiger partial charge in [-0.05, 0) is 31.2 Å². The second kappa shape index (κ2) is 6.14. The van der Waals surface area contributed by atoms with E-state index in [0.717, 1.165) is 13.0 Å². The molecule has 1 amide bonds. The monoisotopic (exact) mass is 290 g/mol. The minimum atomic E-state index is -0.316. The largest absolute Gasteiger partial charge is 0.321 e. The number of nitrogens with one attached hydrogen (secondary N) is 1. The zero-order valence-corrected chi connectivity index (χ0v) is 12.5. The molecule has 2 unspecified atom stereocenters. The summed E-state index contributed by atoms with van der Waals surface area (Å²) in [5, 5.41) is 3.31. The van der Waals surface area contributed by atoms with Gasteiger partial charge in [-0.1, -0.05) is 38.0 Å². The second-order valence-electron chi connectivity index (χ2n) is 6.19. The molecule has 4 heteroatoms. The van der Waals surface area contributed by atoms with E-state index < -0.39 is 0 Å². The zero-order valence-electron chi connectivity index (χ0n) is 12.5. The number of rotatable bonds is 4. The van der Waals surface area contributed by atoms with Gasteiger partial charge in [0.05, 0.1) is 6.04 Å². The van der Waals surface area contributed by atoms with E-state index in [0.29, 0.717) is 11.5 Å². The van der Waals surface area contributed by atoms with E-state index in [4.69, 9.17) is 0 Å². The molecule has 1 heterocycles. The Morgan fingerprint density at radius 2 is 2.00 bits per heavy atom. The van der Waals surface area contributed by atoms with Gasteiger partial charge in [-0.15, -0.1) is 0 Å². The van der Waals surface area contributed by atoms with Gasteiger partial charge >= 0.3 is 0 Å². The van der Waals surface area contributed by atoms with Gasteiger partial charge in [-0.3, -0.25) is 10.1 Å². The van der Waals surface area contributed by atoms with E-state index in [1.165, 1.54) is 31.7 Å². The van der Waals surface area contributed by atoms with Gasteiger partial charge in [0.2, 0.25) is 5.91 Å². The number of benzene rings is 1. The van der Waals surface area contributed by atoms with Crippen LogP contribution in [0, 0.1) is 11.7 Å². The fourth-order valence-electron chi connectivity index (χ4n) is 3.59. The van der Waals surface area contributed by atoms with Crippen molar-refractivity contribution in [1.29, 1.82) is 0 Å². The second-order valence-corrected chi connectivity index (χ2v) is 6.19. The highest BCUT2D eigenvalue weighted by atomic mass is 19.1. The SMILES string of the molecule is CCC1NC(c2ccccc2F)N(CC2CCCC2)C1=O. The minimum Gasteiger partial charge on any atom is -0.321 e. The van der Waals surface area contributed by atoms with E-state index in [9.17, 15) is 9.18 Å². The molecule has 3 rings (SSSR count). The molecule has 2 aliphatic rings. The predicted octanol–water partition coefficient (Wildman–Crippen LogP) is 3.22. The molecule has 2 atom stereocenters. The lowest BCUT2D eigenvalue weighted by Gasteiger charge is -2.27. The van der Waals surface area contributed by atoms with Gasteiger partial charge in [0.25, 0.3) is 0 Å². The number of amides is 1. The topological polar surface area (TPSA) is 32.3 Å². The molecule has 1 saturated heterocycles. The van der Waals surface area contributed by atoms with E-state index >= 15 is 0 Å². The molecule has 1 aromatic rings. The Morgan fingerprint density at radius 1 is 1.29 bits per heavy atom. The first-order valence-electron chi connectivity index (χ1n) is 8.01. The summed E-state index contributed by atoms with van der Waals surface area (Å²) in [6, 6.07) is 6.58. The average molecular weight is 290 g/mol. The third kappa shape index (κ3) is 2.82. The molecule has 1 saturated carbocycles. The molecule has 114 valence electrons. The molecule has 0 radical (unpaired) electrons. The number of nitrogens with zero attached hydrogens (tertiary/aromatic N) is 1. The van der Waals surface area contributed by atoms with Crippen LogP contribution < -0.4 is 5.32 Å². The molecule has 1 aliphatic carbocycles. The van der Waals surface area contributed by atoms with Crippen LogP contribution in [0.1, 0.15) is 50.8 Å². The van der Waals surface area contributed by atoms with Gasteiger partial charge in [0, 0.05) is 12.1 Å². The maximum atomic E-state index is 14.1. The Hall–Kier alpha value is -1.42. The fraction of sp³-hybridized carbons (Fsp3) is 0.588. The molecule has 0 spiro atoms. The van der Waals surface area contributed by atoms with Crippen molar-refractivity contribution in [1.82, 2.24) is 10.2 Å². The first-order chi connectivity index (χ1) is 10.2. The van der Waals surface area contributed by atoms with Crippen molar-refractivity contribution in [3.05, 3.63) is 35.6 Å². The van der Waals surface area contributed by atoms with Gasteiger partial charge in [0.1, 0.15) is 12.0 Å². The van der Waals surface area contributed by atoms with Crippen molar-refractivity contribution in [2.75, 3.05) is 6.54 Å². The summed E-state index contributed by atoms with van der Waals surface area (Å²) in [6.07, 6.45) is 5.30. The van der Waals surface area contributed by atoms with Crippen molar-refractivity contribution in [3.8, 4) is 0 Å². The quantitative estimate of drug-likeness (QED) is 0.923. The molecule has 21 heavy (non-hydrogen) atoms. The van der Waals surface area contributed by atoms with Crippen LogP contribution >= 0.6 is 0 Å². The summed E-state index contributed by atoms with van der Waals surface area (Å²) in [7, 11) is 0. The van der Waals surface area contributed by atoms with Crippen LogP contribution in [0.15, 0.2) is 24.3 Å². The molecule has 2 fully saturated rings. The molecule has 1 aromatic carbocycles. The summed E-state index contributed by atoms with van der Waals surface area (Å²) in [5.41, 5.74) is 0.583. The Bertz CT molecular complexity index is 513. The van der Waals surface area contributed by atoms with Crippen LogP contribution in [0.3, 0.4) is 0 Å². The van der Waals surface area contributed by atoms with Crippen LogP contribution in [-0.4, -0.2) is 23.4 Å². The lowest BCUT2D eigenvalue weighted by Crippen LogP contribution is -2.35. The summed E-state index contributed by atoms with van der Waals surface area (Å²) >= 11 is 0. The van der Waals surface area contributed by atoms with E-state index in [2.05, 4.69) is 5.32 Å². The summed E-state index contributed by atoms with van der Waals surface area (Å²) in [4.78, 5) is 14.4.